The Kier molecular flexibility index (Phi) is 18.3. The van der Waals surface area contributed by atoms with Gasteiger partial charge >= 0.3 is 10.4 Å². The maximum absolute atomic E-state index is 11.1. The van der Waals surface area contributed by atoms with Gasteiger partial charge in [-0.15, -0.1) is 0 Å². The van der Waals surface area contributed by atoms with Gasteiger partial charge in [0.05, 0.1) is 5.75 Å². The predicted octanol–water partition coefficient (Wildman–Crippen LogP) is 4.23. The third-order valence-corrected chi connectivity index (χ3v) is 4.79. The Morgan fingerprint density at radius 1 is 0.680 bits per heavy atom. The van der Waals surface area contributed by atoms with Crippen LogP contribution >= 0.6 is 9.90 Å². The molecule has 0 saturated carbocycles. The molecule has 1 unspecified atom stereocenters. The van der Waals surface area contributed by atoms with Gasteiger partial charge in [0.15, 0.2) is 0 Å². The molecule has 0 spiro atoms. The fourth-order valence-corrected chi connectivity index (χ4v) is 3.44. The highest BCUT2D eigenvalue weighted by atomic mass is 32.3. The summed E-state index contributed by atoms with van der Waals surface area (Å²) in [6.45, 7) is 6.52. The molecule has 10 heteroatoms. The highest BCUT2D eigenvalue weighted by molar-refractivity contribution is 7.85. The summed E-state index contributed by atoms with van der Waals surface area (Å²) in [6, 6.07) is 0. The first-order valence-corrected chi connectivity index (χ1v) is 11.5. The fraction of sp³-hybridized carbons (Fsp3) is 1.00. The van der Waals surface area contributed by atoms with Crippen molar-refractivity contribution in [3.05, 3.63) is 0 Å². The van der Waals surface area contributed by atoms with Gasteiger partial charge in [0.1, 0.15) is 0 Å². The van der Waals surface area contributed by atoms with Crippen LogP contribution in [0.3, 0.4) is 0 Å². The van der Waals surface area contributed by atoms with Gasteiger partial charge in [-0.05, 0) is 31.1 Å². The zero-order valence-corrected chi connectivity index (χ0v) is 18.8. The average Bonchev–Trinajstić information content (AvgIpc) is 2.43. The van der Waals surface area contributed by atoms with Crippen molar-refractivity contribution in [3.8, 4) is 0 Å². The van der Waals surface area contributed by atoms with Crippen molar-refractivity contribution in [2.75, 3.05) is 5.75 Å². The third kappa shape index (κ3) is 24.2. The second-order valence-electron chi connectivity index (χ2n) is 6.29. The molecule has 25 heavy (non-hydrogen) atoms. The minimum atomic E-state index is -4.67. The van der Waals surface area contributed by atoms with Crippen molar-refractivity contribution in [3.63, 3.8) is 0 Å². The second-order valence-corrected chi connectivity index (χ2v) is 8.76. The Labute approximate surface area is 157 Å². The van der Waals surface area contributed by atoms with Crippen molar-refractivity contribution in [1.82, 2.24) is 0 Å². The lowest BCUT2D eigenvalue weighted by Crippen LogP contribution is -2.25. The van der Waals surface area contributed by atoms with Crippen LogP contribution in [0.5, 0.6) is 0 Å². The summed E-state index contributed by atoms with van der Waals surface area (Å²) in [5.74, 6) is -0.0792. The summed E-state index contributed by atoms with van der Waals surface area (Å²) in [5, 5.41) is 0. The zero-order valence-electron chi connectivity index (χ0n) is 15.8. The van der Waals surface area contributed by atoms with Gasteiger partial charge in [0.25, 0.3) is 10.1 Å². The van der Waals surface area contributed by atoms with Crippen LogP contribution in [0.4, 0.5) is 0 Å². The number of hydrogen-bond donors (Lipinski definition) is 3. The van der Waals surface area contributed by atoms with E-state index in [-0.39, 0.29) is 21.1 Å². The number of unbranched alkanes of at least 4 members (excludes halogenated alkanes) is 3. The molecule has 1 atom stereocenters. The van der Waals surface area contributed by atoms with Crippen LogP contribution in [0.2, 0.25) is 0 Å². The van der Waals surface area contributed by atoms with Crippen LogP contribution in [0.25, 0.3) is 0 Å². The first-order chi connectivity index (χ1) is 10.9. The normalized spacial score (nSPS) is 12.1. The van der Waals surface area contributed by atoms with E-state index in [1.165, 1.54) is 0 Å². The van der Waals surface area contributed by atoms with Gasteiger partial charge in [-0.3, -0.25) is 13.7 Å². The molecule has 0 aromatic carbocycles. The molecule has 0 aliphatic rings. The third-order valence-electron chi connectivity index (χ3n) is 4.07. The van der Waals surface area contributed by atoms with Crippen LogP contribution in [0, 0.1) is 5.41 Å². The van der Waals surface area contributed by atoms with Gasteiger partial charge < -0.3 is 0 Å². The van der Waals surface area contributed by atoms with E-state index in [0.29, 0.717) is 6.42 Å². The molecule has 3 N–H and O–H groups in total. The Bertz CT molecular complexity index is 474. The molecular formula is C15H37O7PS2. The van der Waals surface area contributed by atoms with Crippen molar-refractivity contribution in [1.29, 1.82) is 0 Å². The maximum atomic E-state index is 11.1. The predicted molar refractivity (Wildman–Crippen MR) is 107 cm³/mol. The number of rotatable bonds is 12. The van der Waals surface area contributed by atoms with Crippen LogP contribution in [-0.4, -0.2) is 36.2 Å². The molecule has 0 aliphatic heterocycles. The van der Waals surface area contributed by atoms with Crippen LogP contribution in [0.1, 0.15) is 85.0 Å². The first-order valence-electron chi connectivity index (χ1n) is 8.54. The largest absolute Gasteiger partial charge is 0.394 e. The van der Waals surface area contributed by atoms with Crippen LogP contribution in [0.15, 0.2) is 0 Å². The Balaban J connectivity index is -0.000000704. The Hall–Kier alpha value is 0.210. The van der Waals surface area contributed by atoms with Crippen molar-refractivity contribution >= 4 is 30.4 Å². The standard InChI is InChI=1S/C15H32O3S.H2O4S.H3P/c1-4-7-10-15(11-8-5-2,12-9-6-3)13-14-19(16,17)18;1-5(2,3)4;/h4-14H2,1-3H3,(H,16,17,18);(H2,1,2,3,4);1H3. The molecule has 0 fully saturated rings. The second kappa shape index (κ2) is 15.3. The van der Waals surface area contributed by atoms with Gasteiger partial charge in [-0.2, -0.15) is 26.7 Å². The monoisotopic (exact) mass is 424 g/mol. The van der Waals surface area contributed by atoms with E-state index in [2.05, 4.69) is 20.8 Å². The molecule has 0 amide bonds. The molecule has 0 aliphatic carbocycles. The van der Waals surface area contributed by atoms with Crippen LogP contribution < -0.4 is 0 Å². The number of hydrogen-bond acceptors (Lipinski definition) is 4. The molecular weight excluding hydrogens is 387 g/mol. The smallest absolute Gasteiger partial charge is 0.286 e. The van der Waals surface area contributed by atoms with Crippen molar-refractivity contribution in [2.24, 2.45) is 5.41 Å². The van der Waals surface area contributed by atoms with Crippen molar-refractivity contribution in [2.45, 2.75) is 85.0 Å². The summed E-state index contributed by atoms with van der Waals surface area (Å²) in [6.07, 6.45) is 10.8. The topological polar surface area (TPSA) is 129 Å². The van der Waals surface area contributed by atoms with E-state index >= 15 is 0 Å². The minimum Gasteiger partial charge on any atom is -0.286 e. The molecule has 156 valence electrons. The Morgan fingerprint density at radius 2 is 0.960 bits per heavy atom. The molecule has 0 saturated heterocycles. The SMILES string of the molecule is CCCCC(CCCC)(CCCC)CCS(=O)(=O)O.O=S(=O)(O)O.P. The van der Waals surface area contributed by atoms with Gasteiger partial charge in [0, 0.05) is 0 Å². The lowest BCUT2D eigenvalue weighted by molar-refractivity contribution is 0.191. The van der Waals surface area contributed by atoms with Crippen LogP contribution in [-0.2, 0) is 20.5 Å². The summed E-state index contributed by atoms with van der Waals surface area (Å²) in [5.41, 5.74) is 0.123. The summed E-state index contributed by atoms with van der Waals surface area (Å²) in [7, 11) is -8.50. The van der Waals surface area contributed by atoms with E-state index in [9.17, 15) is 8.42 Å². The molecule has 0 radical (unpaired) electrons. The van der Waals surface area contributed by atoms with Gasteiger partial charge in [-0.25, -0.2) is 0 Å². The highest BCUT2D eigenvalue weighted by Crippen LogP contribution is 2.40. The van der Waals surface area contributed by atoms with E-state index in [4.69, 9.17) is 22.1 Å². The van der Waals surface area contributed by atoms with E-state index < -0.39 is 20.5 Å². The fourth-order valence-electron chi connectivity index (χ4n) is 2.75. The quantitative estimate of drug-likeness (QED) is 0.316. The van der Waals surface area contributed by atoms with Gasteiger partial charge in [0.2, 0.25) is 0 Å². The molecule has 0 rings (SSSR count). The lowest BCUT2D eigenvalue weighted by Gasteiger charge is -2.34. The molecule has 0 aromatic heterocycles. The Morgan fingerprint density at radius 3 is 1.16 bits per heavy atom. The molecule has 0 bridgehead atoms. The molecule has 7 nitrogen and oxygen atoms in total. The first kappa shape index (κ1) is 30.0. The van der Waals surface area contributed by atoms with Crippen molar-refractivity contribution < 1.29 is 30.5 Å². The van der Waals surface area contributed by atoms with Gasteiger partial charge in [-0.1, -0.05) is 59.3 Å². The minimum absolute atomic E-state index is 0. The van der Waals surface area contributed by atoms with E-state index in [1.807, 2.05) is 0 Å². The van der Waals surface area contributed by atoms with E-state index in [1.54, 1.807) is 0 Å². The average molecular weight is 425 g/mol. The molecule has 0 heterocycles. The molecule has 0 aromatic rings. The highest BCUT2D eigenvalue weighted by Gasteiger charge is 2.29. The lowest BCUT2D eigenvalue weighted by atomic mass is 9.72. The van der Waals surface area contributed by atoms with E-state index in [0.717, 1.165) is 57.8 Å². The zero-order chi connectivity index (χ0) is 19.3. The summed E-state index contributed by atoms with van der Waals surface area (Å²) < 4.78 is 62.7. The summed E-state index contributed by atoms with van der Waals surface area (Å²) >= 11 is 0. The summed E-state index contributed by atoms with van der Waals surface area (Å²) in [4.78, 5) is 0. The maximum Gasteiger partial charge on any atom is 0.394 e.